The van der Waals surface area contributed by atoms with Gasteiger partial charge in [-0.1, -0.05) is 49.4 Å². The Labute approximate surface area is 160 Å². The fourth-order valence-electron chi connectivity index (χ4n) is 3.36. The third-order valence-electron chi connectivity index (χ3n) is 4.85. The van der Waals surface area contributed by atoms with E-state index in [2.05, 4.69) is 15.6 Å². The van der Waals surface area contributed by atoms with E-state index in [1.165, 1.54) is 31.2 Å². The number of amides is 1. The molecule has 0 aliphatic heterocycles. The predicted octanol–water partition coefficient (Wildman–Crippen LogP) is 4.84. The summed E-state index contributed by atoms with van der Waals surface area (Å²) in [6.07, 6.45) is 11.4. The van der Waals surface area contributed by atoms with Gasteiger partial charge in [0, 0.05) is 30.0 Å². The number of halogens is 1. The van der Waals surface area contributed by atoms with Gasteiger partial charge in [-0.15, -0.1) is 0 Å². The summed E-state index contributed by atoms with van der Waals surface area (Å²) in [5.74, 6) is -0.0225. The molecule has 1 aliphatic rings. The highest BCUT2D eigenvalue weighted by Crippen LogP contribution is 2.18. The Morgan fingerprint density at radius 1 is 1.08 bits per heavy atom. The predicted molar refractivity (Wildman–Crippen MR) is 107 cm³/mol. The van der Waals surface area contributed by atoms with Crippen LogP contribution in [0.2, 0.25) is 5.02 Å². The van der Waals surface area contributed by atoms with Crippen molar-refractivity contribution in [3.05, 3.63) is 58.9 Å². The molecular weight excluding hydrogens is 346 g/mol. The van der Waals surface area contributed by atoms with Crippen LogP contribution in [-0.4, -0.2) is 23.5 Å². The molecule has 26 heavy (non-hydrogen) atoms. The van der Waals surface area contributed by atoms with E-state index in [1.54, 1.807) is 12.4 Å². The molecule has 0 atom stereocenters. The van der Waals surface area contributed by atoms with Crippen LogP contribution < -0.4 is 10.6 Å². The van der Waals surface area contributed by atoms with E-state index >= 15 is 0 Å². The van der Waals surface area contributed by atoms with Crippen LogP contribution >= 0.6 is 11.6 Å². The van der Waals surface area contributed by atoms with Crippen LogP contribution in [0.3, 0.4) is 0 Å². The molecule has 0 radical (unpaired) electrons. The molecule has 0 unspecified atom stereocenters. The summed E-state index contributed by atoms with van der Waals surface area (Å²) in [5.41, 5.74) is 2.70. The van der Waals surface area contributed by atoms with Crippen molar-refractivity contribution in [2.24, 2.45) is 0 Å². The minimum absolute atomic E-state index is 0.0225. The summed E-state index contributed by atoms with van der Waals surface area (Å²) < 4.78 is 0. The third kappa shape index (κ3) is 5.73. The summed E-state index contributed by atoms with van der Waals surface area (Å²) >= 11 is 5.91. The molecule has 4 nitrogen and oxygen atoms in total. The van der Waals surface area contributed by atoms with Gasteiger partial charge in [-0.2, -0.15) is 0 Å². The Morgan fingerprint density at radius 2 is 1.81 bits per heavy atom. The zero-order valence-electron chi connectivity index (χ0n) is 15.0. The second kappa shape index (κ2) is 9.58. The van der Waals surface area contributed by atoms with Crippen LogP contribution in [-0.2, 0) is 6.42 Å². The molecule has 1 saturated carbocycles. The molecule has 0 saturated heterocycles. The number of benzene rings is 1. The maximum absolute atomic E-state index is 12.5. The van der Waals surface area contributed by atoms with Crippen molar-refractivity contribution >= 4 is 23.2 Å². The lowest BCUT2D eigenvalue weighted by molar-refractivity contribution is 0.0933. The topological polar surface area (TPSA) is 54.0 Å². The smallest absolute Gasteiger partial charge is 0.253 e. The molecule has 1 aliphatic carbocycles. The van der Waals surface area contributed by atoms with Crippen LogP contribution in [0.25, 0.3) is 0 Å². The Balaban J connectivity index is 1.51. The lowest BCUT2D eigenvalue weighted by atomic mass is 10.1. The van der Waals surface area contributed by atoms with Crippen molar-refractivity contribution in [2.45, 2.75) is 51.0 Å². The van der Waals surface area contributed by atoms with Crippen LogP contribution in [0.1, 0.15) is 54.4 Å². The quantitative estimate of drug-likeness (QED) is 0.714. The molecule has 3 rings (SSSR count). The van der Waals surface area contributed by atoms with E-state index in [9.17, 15) is 4.79 Å². The molecule has 0 bridgehead atoms. The highest BCUT2D eigenvalue weighted by molar-refractivity contribution is 6.30. The van der Waals surface area contributed by atoms with Crippen molar-refractivity contribution in [1.82, 2.24) is 10.3 Å². The van der Waals surface area contributed by atoms with Crippen LogP contribution in [0.15, 0.2) is 42.7 Å². The number of pyridine rings is 1. The first kappa shape index (κ1) is 18.7. The molecule has 138 valence electrons. The Hall–Kier alpha value is -2.07. The molecule has 1 amide bonds. The first-order valence-electron chi connectivity index (χ1n) is 9.45. The van der Waals surface area contributed by atoms with Gasteiger partial charge in [0.2, 0.25) is 0 Å². The zero-order valence-corrected chi connectivity index (χ0v) is 15.8. The van der Waals surface area contributed by atoms with E-state index < -0.39 is 0 Å². The van der Waals surface area contributed by atoms with Gasteiger partial charge in [0.1, 0.15) is 0 Å². The van der Waals surface area contributed by atoms with Crippen LogP contribution in [0.4, 0.5) is 5.69 Å². The van der Waals surface area contributed by atoms with Gasteiger partial charge < -0.3 is 10.6 Å². The van der Waals surface area contributed by atoms with E-state index in [0.29, 0.717) is 11.6 Å². The molecule has 0 spiro atoms. The Kier molecular flexibility index (Phi) is 6.89. The lowest BCUT2D eigenvalue weighted by Gasteiger charge is -2.16. The maximum atomic E-state index is 12.5. The minimum atomic E-state index is -0.0225. The molecule has 1 fully saturated rings. The first-order chi connectivity index (χ1) is 12.7. The monoisotopic (exact) mass is 371 g/mol. The molecule has 2 aromatic rings. The van der Waals surface area contributed by atoms with Gasteiger partial charge >= 0.3 is 0 Å². The van der Waals surface area contributed by atoms with E-state index in [-0.39, 0.29) is 5.91 Å². The highest BCUT2D eigenvalue weighted by Gasteiger charge is 2.16. The number of rotatable bonds is 6. The third-order valence-corrected chi connectivity index (χ3v) is 5.10. The Morgan fingerprint density at radius 3 is 2.54 bits per heavy atom. The molecule has 1 aromatic heterocycles. The normalized spacial score (nSPS) is 15.3. The number of aromatic nitrogens is 1. The Bertz CT molecular complexity index is 709. The molecular formula is C21H26ClN3O. The zero-order chi connectivity index (χ0) is 18.2. The van der Waals surface area contributed by atoms with Crippen LogP contribution in [0.5, 0.6) is 0 Å². The number of hydrogen-bond donors (Lipinski definition) is 2. The average Bonchev–Trinajstić information content (AvgIpc) is 2.92. The van der Waals surface area contributed by atoms with Gasteiger partial charge in [0.05, 0.1) is 11.3 Å². The number of anilines is 1. The number of nitrogens with one attached hydrogen (secondary N) is 2. The standard InChI is InChI=1S/C21H26ClN3O/c22-18-9-7-16(8-10-18)11-12-24-20-13-17(14-23-15-20)21(26)25-19-5-3-1-2-4-6-19/h7-10,13-15,19,24H,1-6,11-12H2,(H,25,26). The van der Waals surface area contributed by atoms with Gasteiger partial charge in [0.25, 0.3) is 5.91 Å². The van der Waals surface area contributed by atoms with E-state index in [4.69, 9.17) is 11.6 Å². The van der Waals surface area contributed by atoms with Gasteiger partial charge in [-0.05, 0) is 43.0 Å². The van der Waals surface area contributed by atoms with Crippen molar-refractivity contribution in [1.29, 1.82) is 0 Å². The number of nitrogens with zero attached hydrogens (tertiary/aromatic N) is 1. The first-order valence-corrected chi connectivity index (χ1v) is 9.83. The fourth-order valence-corrected chi connectivity index (χ4v) is 3.48. The van der Waals surface area contributed by atoms with Gasteiger partial charge in [-0.25, -0.2) is 0 Å². The minimum Gasteiger partial charge on any atom is -0.383 e. The van der Waals surface area contributed by atoms with Crippen molar-refractivity contribution in [2.75, 3.05) is 11.9 Å². The summed E-state index contributed by atoms with van der Waals surface area (Å²) in [5, 5.41) is 7.26. The number of hydrogen-bond acceptors (Lipinski definition) is 3. The summed E-state index contributed by atoms with van der Waals surface area (Å²) in [4.78, 5) is 16.7. The van der Waals surface area contributed by atoms with Gasteiger partial charge in [0.15, 0.2) is 0 Å². The summed E-state index contributed by atoms with van der Waals surface area (Å²) in [6, 6.07) is 10.0. The molecule has 5 heteroatoms. The average molecular weight is 372 g/mol. The SMILES string of the molecule is O=C(NC1CCCCCC1)c1cncc(NCCc2ccc(Cl)cc2)c1. The maximum Gasteiger partial charge on any atom is 0.253 e. The molecule has 1 heterocycles. The largest absolute Gasteiger partial charge is 0.383 e. The summed E-state index contributed by atoms with van der Waals surface area (Å²) in [7, 11) is 0. The van der Waals surface area contributed by atoms with Crippen molar-refractivity contribution in [3.8, 4) is 0 Å². The van der Waals surface area contributed by atoms with E-state index in [1.807, 2.05) is 30.3 Å². The highest BCUT2D eigenvalue weighted by atomic mass is 35.5. The van der Waals surface area contributed by atoms with Crippen molar-refractivity contribution < 1.29 is 4.79 Å². The number of carbonyl (C=O) groups excluding carboxylic acids is 1. The van der Waals surface area contributed by atoms with E-state index in [0.717, 1.165) is 36.5 Å². The van der Waals surface area contributed by atoms with Crippen molar-refractivity contribution in [3.63, 3.8) is 0 Å². The summed E-state index contributed by atoms with van der Waals surface area (Å²) in [6.45, 7) is 0.775. The lowest BCUT2D eigenvalue weighted by Crippen LogP contribution is -2.34. The molecule has 1 aromatic carbocycles. The second-order valence-electron chi connectivity index (χ2n) is 6.93. The molecule has 2 N–H and O–H groups in total. The van der Waals surface area contributed by atoms with Crippen LogP contribution in [0, 0.1) is 0 Å². The second-order valence-corrected chi connectivity index (χ2v) is 7.36. The number of carbonyl (C=O) groups is 1. The fraction of sp³-hybridized carbons (Fsp3) is 0.429. The van der Waals surface area contributed by atoms with Gasteiger partial charge in [-0.3, -0.25) is 9.78 Å².